The summed E-state index contributed by atoms with van der Waals surface area (Å²) < 4.78 is 46.4. The Hall–Kier alpha value is -2.85. The fourth-order valence-electron chi connectivity index (χ4n) is 3.53. The van der Waals surface area contributed by atoms with Gasteiger partial charge in [-0.2, -0.15) is 13.2 Å². The Morgan fingerprint density at radius 2 is 1.73 bits per heavy atom. The molecule has 10 heteroatoms. The van der Waals surface area contributed by atoms with Gasteiger partial charge < -0.3 is 15.4 Å². The molecule has 3 heterocycles. The van der Waals surface area contributed by atoms with Gasteiger partial charge in [-0.3, -0.25) is 0 Å². The van der Waals surface area contributed by atoms with Crippen LogP contribution >= 0.6 is 11.8 Å². The van der Waals surface area contributed by atoms with Crippen molar-refractivity contribution < 1.29 is 17.9 Å². The Kier molecular flexibility index (Phi) is 6.49. The molecule has 0 unspecified atom stereocenters. The Morgan fingerprint density at radius 3 is 2.39 bits per heavy atom. The van der Waals surface area contributed by atoms with E-state index in [9.17, 15) is 13.2 Å². The normalized spacial score (nSPS) is 15.0. The van der Waals surface area contributed by atoms with Gasteiger partial charge in [-0.1, -0.05) is 18.2 Å². The molecule has 0 saturated carbocycles. The molecule has 2 aromatic heterocycles. The van der Waals surface area contributed by atoms with Crippen molar-refractivity contribution in [2.45, 2.75) is 29.7 Å². The second-order valence-electron chi connectivity index (χ2n) is 8.12. The first-order chi connectivity index (χ1) is 15.6. The van der Waals surface area contributed by atoms with Crippen LogP contribution in [0.2, 0.25) is 0 Å². The monoisotopic (exact) mass is 475 g/mol. The Morgan fingerprint density at radius 1 is 1.03 bits per heavy atom. The average Bonchev–Trinajstić information content (AvgIpc) is 2.79. The largest absolute Gasteiger partial charge is 0.417 e. The van der Waals surface area contributed by atoms with Gasteiger partial charge in [-0.15, -0.1) is 11.8 Å². The summed E-state index contributed by atoms with van der Waals surface area (Å²) >= 11 is 1.58. The first-order valence-electron chi connectivity index (χ1n) is 10.4. The van der Waals surface area contributed by atoms with Crippen LogP contribution in [0.3, 0.4) is 0 Å². The number of hydrogen-bond acceptors (Lipinski definition) is 7. The molecular weight excluding hydrogens is 451 g/mol. The van der Waals surface area contributed by atoms with Crippen molar-refractivity contribution in [3.63, 3.8) is 0 Å². The van der Waals surface area contributed by atoms with Crippen molar-refractivity contribution in [2.75, 3.05) is 36.9 Å². The fraction of sp³-hybridized carbons (Fsp3) is 0.348. The van der Waals surface area contributed by atoms with Gasteiger partial charge >= 0.3 is 6.18 Å². The summed E-state index contributed by atoms with van der Waals surface area (Å²) in [6.45, 7) is 6.10. The number of hydrogen-bond donors (Lipinski definition) is 1. The van der Waals surface area contributed by atoms with E-state index in [1.165, 1.54) is 0 Å². The van der Waals surface area contributed by atoms with E-state index in [1.54, 1.807) is 17.8 Å². The van der Waals surface area contributed by atoms with E-state index in [0.717, 1.165) is 17.2 Å². The number of pyridine rings is 1. The lowest BCUT2D eigenvalue weighted by atomic mass is 10.0. The minimum absolute atomic E-state index is 0.129. The van der Waals surface area contributed by atoms with Crippen LogP contribution in [0.1, 0.15) is 25.1 Å². The zero-order valence-electron chi connectivity index (χ0n) is 18.3. The van der Waals surface area contributed by atoms with E-state index < -0.39 is 16.5 Å². The number of aromatic nitrogens is 3. The van der Waals surface area contributed by atoms with Crippen LogP contribution in [0.5, 0.6) is 0 Å². The predicted octanol–water partition coefficient (Wildman–Crippen LogP) is 5.00. The van der Waals surface area contributed by atoms with Gasteiger partial charge in [-0.25, -0.2) is 15.0 Å². The minimum Gasteiger partial charge on any atom is -0.384 e. The van der Waals surface area contributed by atoms with E-state index in [0.29, 0.717) is 37.9 Å². The average molecular weight is 476 g/mol. The lowest BCUT2D eigenvalue weighted by Crippen LogP contribution is -2.37. The van der Waals surface area contributed by atoms with E-state index in [-0.39, 0.29) is 17.1 Å². The molecule has 174 valence electrons. The molecule has 4 rings (SSSR count). The third-order valence-electron chi connectivity index (χ3n) is 5.25. The zero-order valence-corrected chi connectivity index (χ0v) is 19.1. The second-order valence-corrected chi connectivity index (χ2v) is 9.81. The highest BCUT2D eigenvalue weighted by atomic mass is 32.2. The van der Waals surface area contributed by atoms with Crippen LogP contribution < -0.4 is 10.6 Å². The van der Waals surface area contributed by atoms with Crippen LogP contribution in [0, 0.1) is 0 Å². The maximum Gasteiger partial charge on any atom is 0.417 e. The first-order valence-corrected chi connectivity index (χ1v) is 11.2. The van der Waals surface area contributed by atoms with Gasteiger partial charge in [0, 0.05) is 29.7 Å². The quantitative estimate of drug-likeness (QED) is 0.520. The first kappa shape index (κ1) is 23.3. The molecule has 0 bridgehead atoms. The summed E-state index contributed by atoms with van der Waals surface area (Å²) in [7, 11) is 0. The minimum atomic E-state index is -4.61. The van der Waals surface area contributed by atoms with Gasteiger partial charge in [0.25, 0.3) is 0 Å². The maximum atomic E-state index is 13.8. The van der Waals surface area contributed by atoms with Crippen molar-refractivity contribution in [1.82, 2.24) is 15.0 Å². The van der Waals surface area contributed by atoms with Crippen molar-refractivity contribution in [3.05, 3.63) is 59.9 Å². The third kappa shape index (κ3) is 5.39. The van der Waals surface area contributed by atoms with Crippen LogP contribution in [0.15, 0.2) is 53.6 Å². The molecule has 1 fully saturated rings. The van der Waals surface area contributed by atoms with E-state index in [2.05, 4.69) is 9.97 Å². The standard InChI is InChI=1S/C23H24F3N5OS/c1-22(2,33-15-6-4-3-5-7-15)19-13-18(29-21(30-19)31-8-10-32-11-9-31)16-14-28-20(27)12-17(16)23(24,25)26/h3-7,12-14H,8-11H2,1-2H3,(H2,27,28). The van der Waals surface area contributed by atoms with Crippen LogP contribution in [-0.2, 0) is 15.7 Å². The number of nitrogens with two attached hydrogens (primary N) is 1. The van der Waals surface area contributed by atoms with Crippen molar-refractivity contribution in [3.8, 4) is 11.3 Å². The molecule has 0 spiro atoms. The molecule has 3 aromatic rings. The molecule has 0 amide bonds. The summed E-state index contributed by atoms with van der Waals surface area (Å²) in [6.07, 6.45) is -3.48. The van der Waals surface area contributed by atoms with E-state index in [1.807, 2.05) is 49.1 Å². The van der Waals surface area contributed by atoms with Gasteiger partial charge in [0.1, 0.15) is 5.82 Å². The number of benzene rings is 1. The van der Waals surface area contributed by atoms with Gasteiger partial charge in [0.15, 0.2) is 0 Å². The number of anilines is 2. The number of rotatable bonds is 5. The highest BCUT2D eigenvalue weighted by Crippen LogP contribution is 2.43. The molecule has 6 nitrogen and oxygen atoms in total. The Bertz CT molecular complexity index is 1120. The topological polar surface area (TPSA) is 77.2 Å². The van der Waals surface area contributed by atoms with Gasteiger partial charge in [-0.05, 0) is 38.1 Å². The molecule has 33 heavy (non-hydrogen) atoms. The summed E-state index contributed by atoms with van der Waals surface area (Å²) in [5.41, 5.74) is 5.34. The second kappa shape index (κ2) is 9.18. The maximum absolute atomic E-state index is 13.8. The van der Waals surface area contributed by atoms with Crippen molar-refractivity contribution in [2.24, 2.45) is 0 Å². The zero-order chi connectivity index (χ0) is 23.6. The molecular formula is C23H24F3N5OS. The third-order valence-corrected chi connectivity index (χ3v) is 6.48. The number of alkyl halides is 3. The molecule has 2 N–H and O–H groups in total. The van der Waals surface area contributed by atoms with Crippen LogP contribution in [-0.4, -0.2) is 41.3 Å². The molecule has 0 radical (unpaired) electrons. The lowest BCUT2D eigenvalue weighted by molar-refractivity contribution is -0.137. The van der Waals surface area contributed by atoms with E-state index >= 15 is 0 Å². The highest BCUT2D eigenvalue weighted by molar-refractivity contribution is 8.00. The molecule has 1 aliphatic rings. The summed E-state index contributed by atoms with van der Waals surface area (Å²) in [5.74, 6) is 0.172. The Balaban J connectivity index is 1.84. The van der Waals surface area contributed by atoms with Gasteiger partial charge in [0.05, 0.1) is 34.9 Å². The van der Waals surface area contributed by atoms with Gasteiger partial charge in [0.2, 0.25) is 5.95 Å². The summed E-state index contributed by atoms with van der Waals surface area (Å²) in [6, 6.07) is 12.3. The number of nitrogen functional groups attached to an aromatic ring is 1. The smallest absolute Gasteiger partial charge is 0.384 e. The van der Waals surface area contributed by atoms with Crippen molar-refractivity contribution in [1.29, 1.82) is 0 Å². The molecule has 0 aliphatic carbocycles. The predicted molar refractivity (Wildman–Crippen MR) is 123 cm³/mol. The van der Waals surface area contributed by atoms with Crippen LogP contribution in [0.25, 0.3) is 11.3 Å². The number of morpholine rings is 1. The summed E-state index contributed by atoms with van der Waals surface area (Å²) in [4.78, 5) is 16.2. The Labute approximate surface area is 194 Å². The number of thioether (sulfide) groups is 1. The molecule has 1 aromatic carbocycles. The van der Waals surface area contributed by atoms with Crippen molar-refractivity contribution >= 4 is 23.5 Å². The van der Waals surface area contributed by atoms with Crippen LogP contribution in [0.4, 0.5) is 24.9 Å². The summed E-state index contributed by atoms with van der Waals surface area (Å²) in [5, 5.41) is 0. The number of halogens is 3. The van der Waals surface area contributed by atoms with E-state index in [4.69, 9.17) is 15.5 Å². The highest BCUT2D eigenvalue weighted by Gasteiger charge is 2.36. The number of nitrogens with zero attached hydrogens (tertiary/aromatic N) is 4. The molecule has 1 aliphatic heterocycles. The SMILES string of the molecule is CC(C)(Sc1ccccc1)c1cc(-c2cnc(N)cc2C(F)(F)F)nc(N2CCOCC2)n1. The fourth-order valence-corrected chi connectivity index (χ4v) is 4.62. The number of ether oxygens (including phenoxy) is 1. The molecule has 0 atom stereocenters. The lowest BCUT2D eigenvalue weighted by Gasteiger charge is -2.30. The molecule has 1 saturated heterocycles.